The van der Waals surface area contributed by atoms with Crippen molar-refractivity contribution in [3.05, 3.63) is 29.8 Å². The first kappa shape index (κ1) is 23.9. The molecule has 5 heteroatoms. The summed E-state index contributed by atoms with van der Waals surface area (Å²) in [4.78, 5) is 12.3. The maximum atomic E-state index is 12.4. The molecule has 1 amide bonds. The van der Waals surface area contributed by atoms with E-state index in [-0.39, 0.29) is 16.7 Å². The molecular weight excluding hydrogens is 382 g/mol. The number of hydrogen-bond acceptors (Lipinski definition) is 3. The lowest BCUT2D eigenvalue weighted by atomic mass is 10.0. The van der Waals surface area contributed by atoms with Crippen molar-refractivity contribution in [2.75, 3.05) is 0 Å². The SMILES string of the molecule is CCCCCCCCCCCCc1ccc(S(=O)(=O)NC(=O)C2CCCC2)cc1. The molecule has 1 fully saturated rings. The Hall–Kier alpha value is -1.36. The highest BCUT2D eigenvalue weighted by Gasteiger charge is 2.26. The van der Waals surface area contributed by atoms with Crippen LogP contribution in [0.5, 0.6) is 0 Å². The Kier molecular flexibility index (Phi) is 10.8. The molecule has 0 unspecified atom stereocenters. The molecular formula is C24H39NO3S. The number of rotatable bonds is 14. The molecule has 0 bridgehead atoms. The summed E-state index contributed by atoms with van der Waals surface area (Å²) in [5.41, 5.74) is 1.16. The lowest BCUT2D eigenvalue weighted by molar-refractivity contribution is -0.122. The van der Waals surface area contributed by atoms with Crippen LogP contribution in [0.4, 0.5) is 0 Å². The molecule has 0 saturated heterocycles. The van der Waals surface area contributed by atoms with E-state index in [9.17, 15) is 13.2 Å². The summed E-state index contributed by atoms with van der Waals surface area (Å²) in [7, 11) is -3.76. The third-order valence-electron chi connectivity index (χ3n) is 6.01. The van der Waals surface area contributed by atoms with Crippen molar-refractivity contribution in [1.29, 1.82) is 0 Å². The molecule has 0 atom stereocenters. The van der Waals surface area contributed by atoms with Gasteiger partial charge in [-0.3, -0.25) is 4.79 Å². The minimum absolute atomic E-state index is 0.152. The Morgan fingerprint density at radius 3 is 1.93 bits per heavy atom. The Morgan fingerprint density at radius 1 is 0.862 bits per heavy atom. The van der Waals surface area contributed by atoms with Crippen molar-refractivity contribution in [3.63, 3.8) is 0 Å². The van der Waals surface area contributed by atoms with Gasteiger partial charge in [0.1, 0.15) is 0 Å². The standard InChI is InChI=1S/C24H39NO3S/c1-2-3-4-5-6-7-8-9-10-11-14-21-17-19-23(20-18-21)29(27,28)25-24(26)22-15-12-13-16-22/h17-20,22H,2-16H2,1H3,(H,25,26). The number of aryl methyl sites for hydroxylation is 1. The molecule has 0 heterocycles. The normalized spacial score (nSPS) is 14.9. The first-order chi connectivity index (χ1) is 14.0. The molecule has 1 aromatic carbocycles. The molecule has 0 spiro atoms. The summed E-state index contributed by atoms with van der Waals surface area (Å²) in [6, 6.07) is 7.00. The zero-order valence-corrected chi connectivity index (χ0v) is 18.9. The van der Waals surface area contributed by atoms with E-state index in [2.05, 4.69) is 11.6 Å². The van der Waals surface area contributed by atoms with Gasteiger partial charge in [-0.1, -0.05) is 89.7 Å². The Labute approximate surface area is 177 Å². The van der Waals surface area contributed by atoms with E-state index in [4.69, 9.17) is 0 Å². The van der Waals surface area contributed by atoms with E-state index < -0.39 is 10.0 Å². The van der Waals surface area contributed by atoms with Gasteiger partial charge < -0.3 is 0 Å². The van der Waals surface area contributed by atoms with Gasteiger partial charge in [-0.25, -0.2) is 13.1 Å². The van der Waals surface area contributed by atoms with Crippen molar-refractivity contribution in [1.82, 2.24) is 4.72 Å². The van der Waals surface area contributed by atoms with Crippen LogP contribution in [0.1, 0.15) is 102 Å². The van der Waals surface area contributed by atoms with Crippen LogP contribution in [-0.4, -0.2) is 14.3 Å². The van der Waals surface area contributed by atoms with Gasteiger partial charge in [0.25, 0.3) is 10.0 Å². The van der Waals surface area contributed by atoms with Gasteiger partial charge in [-0.2, -0.15) is 0 Å². The molecule has 4 nitrogen and oxygen atoms in total. The second kappa shape index (κ2) is 13.0. The number of carbonyl (C=O) groups is 1. The van der Waals surface area contributed by atoms with E-state index in [1.54, 1.807) is 12.1 Å². The van der Waals surface area contributed by atoms with Crippen LogP contribution in [-0.2, 0) is 21.2 Å². The molecule has 1 N–H and O–H groups in total. The fraction of sp³-hybridized carbons (Fsp3) is 0.708. The van der Waals surface area contributed by atoms with E-state index >= 15 is 0 Å². The van der Waals surface area contributed by atoms with Crippen LogP contribution in [0, 0.1) is 5.92 Å². The quantitative estimate of drug-likeness (QED) is 0.367. The zero-order valence-electron chi connectivity index (χ0n) is 18.1. The molecule has 1 aliphatic carbocycles. The predicted molar refractivity (Wildman–Crippen MR) is 119 cm³/mol. The topological polar surface area (TPSA) is 63.2 Å². The lowest BCUT2D eigenvalue weighted by Crippen LogP contribution is -2.34. The minimum atomic E-state index is -3.76. The van der Waals surface area contributed by atoms with E-state index in [1.807, 2.05) is 12.1 Å². The third-order valence-corrected chi connectivity index (χ3v) is 7.38. The zero-order chi connectivity index (χ0) is 21.0. The van der Waals surface area contributed by atoms with Gasteiger partial charge in [-0.05, 0) is 43.4 Å². The number of amides is 1. The summed E-state index contributed by atoms with van der Waals surface area (Å²) in [6.45, 7) is 2.25. The highest BCUT2D eigenvalue weighted by molar-refractivity contribution is 7.90. The summed E-state index contributed by atoms with van der Waals surface area (Å²) in [5, 5.41) is 0. The van der Waals surface area contributed by atoms with Crippen molar-refractivity contribution < 1.29 is 13.2 Å². The van der Waals surface area contributed by atoms with Crippen LogP contribution in [0.15, 0.2) is 29.2 Å². The highest BCUT2D eigenvalue weighted by atomic mass is 32.2. The summed E-state index contributed by atoms with van der Waals surface area (Å²) >= 11 is 0. The fourth-order valence-electron chi connectivity index (χ4n) is 4.11. The molecule has 2 rings (SSSR count). The first-order valence-electron chi connectivity index (χ1n) is 11.7. The smallest absolute Gasteiger partial charge is 0.264 e. The number of hydrogen-bond donors (Lipinski definition) is 1. The summed E-state index contributed by atoms with van der Waals surface area (Å²) in [6.07, 6.45) is 17.7. The molecule has 1 aromatic rings. The van der Waals surface area contributed by atoms with Crippen molar-refractivity contribution in [3.8, 4) is 0 Å². The maximum Gasteiger partial charge on any atom is 0.264 e. The van der Waals surface area contributed by atoms with Crippen molar-refractivity contribution >= 4 is 15.9 Å². The molecule has 1 aliphatic rings. The minimum Gasteiger partial charge on any atom is -0.274 e. The second-order valence-corrected chi connectivity index (χ2v) is 10.2. The predicted octanol–water partition coefficient (Wildman–Crippen LogP) is 6.15. The number of nitrogens with one attached hydrogen (secondary N) is 1. The van der Waals surface area contributed by atoms with Gasteiger partial charge >= 0.3 is 0 Å². The van der Waals surface area contributed by atoms with E-state index in [1.165, 1.54) is 57.8 Å². The highest BCUT2D eigenvalue weighted by Crippen LogP contribution is 2.25. The van der Waals surface area contributed by atoms with Crippen LogP contribution in [0.3, 0.4) is 0 Å². The van der Waals surface area contributed by atoms with Crippen LogP contribution < -0.4 is 4.72 Å². The first-order valence-corrected chi connectivity index (χ1v) is 13.2. The van der Waals surface area contributed by atoms with Crippen LogP contribution in [0.2, 0.25) is 0 Å². The molecule has 0 aliphatic heterocycles. The maximum absolute atomic E-state index is 12.4. The average Bonchev–Trinajstić information content (AvgIpc) is 3.24. The molecule has 29 heavy (non-hydrogen) atoms. The second-order valence-electron chi connectivity index (χ2n) is 8.53. The Bertz CT molecular complexity index is 691. The van der Waals surface area contributed by atoms with Crippen molar-refractivity contribution in [2.45, 2.75) is 108 Å². The van der Waals surface area contributed by atoms with Gasteiger partial charge in [0.2, 0.25) is 5.91 Å². The lowest BCUT2D eigenvalue weighted by Gasteiger charge is -2.11. The van der Waals surface area contributed by atoms with Gasteiger partial charge in [0, 0.05) is 5.92 Å². The Balaban J connectivity index is 1.64. The van der Waals surface area contributed by atoms with Crippen LogP contribution >= 0.6 is 0 Å². The van der Waals surface area contributed by atoms with E-state index in [0.29, 0.717) is 0 Å². The fourth-order valence-corrected chi connectivity index (χ4v) is 5.16. The van der Waals surface area contributed by atoms with Gasteiger partial charge in [0.15, 0.2) is 0 Å². The van der Waals surface area contributed by atoms with Gasteiger partial charge in [-0.15, -0.1) is 0 Å². The number of carbonyl (C=O) groups excluding carboxylic acids is 1. The largest absolute Gasteiger partial charge is 0.274 e. The molecule has 0 aromatic heterocycles. The summed E-state index contributed by atoms with van der Waals surface area (Å²) < 4.78 is 27.1. The number of sulfonamides is 1. The molecule has 1 saturated carbocycles. The Morgan fingerprint density at radius 2 is 1.38 bits per heavy atom. The molecule has 0 radical (unpaired) electrons. The molecule has 164 valence electrons. The number of unbranched alkanes of at least 4 members (excludes halogenated alkanes) is 9. The van der Waals surface area contributed by atoms with Crippen molar-refractivity contribution in [2.24, 2.45) is 5.92 Å². The van der Waals surface area contributed by atoms with Gasteiger partial charge in [0.05, 0.1) is 4.90 Å². The third kappa shape index (κ3) is 8.90. The van der Waals surface area contributed by atoms with E-state index in [0.717, 1.165) is 44.1 Å². The monoisotopic (exact) mass is 421 g/mol. The van der Waals surface area contributed by atoms with Crippen LogP contribution in [0.25, 0.3) is 0 Å². The number of benzene rings is 1. The average molecular weight is 422 g/mol. The summed E-state index contributed by atoms with van der Waals surface area (Å²) in [5.74, 6) is -0.502.